The molecule has 1 aliphatic rings. The third-order valence-electron chi connectivity index (χ3n) is 4.11. The first-order valence-electron chi connectivity index (χ1n) is 7.00. The fourth-order valence-electron chi connectivity index (χ4n) is 3.03. The topological polar surface area (TPSA) is 52.5 Å². The highest BCUT2D eigenvalue weighted by atomic mass is 79.9. The highest BCUT2D eigenvalue weighted by Crippen LogP contribution is 2.35. The molecule has 2 atom stereocenters. The van der Waals surface area contributed by atoms with Gasteiger partial charge in [-0.2, -0.15) is 0 Å². The Morgan fingerprint density at radius 3 is 2.43 bits per heavy atom. The van der Waals surface area contributed by atoms with Gasteiger partial charge in [0.1, 0.15) is 0 Å². The van der Waals surface area contributed by atoms with E-state index in [1.165, 1.54) is 5.56 Å². The number of phenols is 2. The minimum absolute atomic E-state index is 0. The van der Waals surface area contributed by atoms with Crippen molar-refractivity contribution in [3.8, 4) is 11.5 Å². The van der Waals surface area contributed by atoms with Crippen LogP contribution in [0.3, 0.4) is 0 Å². The van der Waals surface area contributed by atoms with Gasteiger partial charge in [-0.3, -0.25) is 0 Å². The van der Waals surface area contributed by atoms with Gasteiger partial charge in [0.05, 0.1) is 0 Å². The number of rotatable bonds is 3. The van der Waals surface area contributed by atoms with Crippen molar-refractivity contribution in [3.05, 3.63) is 59.7 Å². The SMILES string of the molecule is Br.Oc1ccc([C@H]2CNC[C@@H]2Cc2ccccc2)cc1O. The van der Waals surface area contributed by atoms with E-state index in [4.69, 9.17) is 0 Å². The summed E-state index contributed by atoms with van der Waals surface area (Å²) in [4.78, 5) is 0. The van der Waals surface area contributed by atoms with Crippen molar-refractivity contribution in [2.75, 3.05) is 13.1 Å². The molecule has 0 amide bonds. The number of hydrogen-bond acceptors (Lipinski definition) is 3. The molecular weight excluding hydrogens is 330 g/mol. The Labute approximate surface area is 135 Å². The van der Waals surface area contributed by atoms with E-state index in [-0.39, 0.29) is 28.5 Å². The molecule has 1 heterocycles. The average molecular weight is 350 g/mol. The molecule has 0 saturated carbocycles. The van der Waals surface area contributed by atoms with Crippen molar-refractivity contribution >= 4 is 17.0 Å². The lowest BCUT2D eigenvalue weighted by Crippen LogP contribution is -2.13. The Balaban J connectivity index is 0.00000161. The molecule has 0 aliphatic carbocycles. The molecule has 2 aromatic carbocycles. The maximum Gasteiger partial charge on any atom is 0.157 e. The standard InChI is InChI=1S/C17H19NO2.BrH/c19-16-7-6-13(9-17(16)20)15-11-18-10-14(15)8-12-4-2-1-3-5-12;/h1-7,9,14-15,18-20H,8,10-11H2;1H/t14-,15+;/m0./s1. The fourth-order valence-corrected chi connectivity index (χ4v) is 3.03. The second kappa shape index (κ2) is 6.96. The van der Waals surface area contributed by atoms with Gasteiger partial charge >= 0.3 is 0 Å². The maximum atomic E-state index is 9.67. The Kier molecular flexibility index (Phi) is 5.26. The zero-order valence-electron chi connectivity index (χ0n) is 11.7. The van der Waals surface area contributed by atoms with E-state index in [0.29, 0.717) is 11.8 Å². The van der Waals surface area contributed by atoms with Crippen molar-refractivity contribution < 1.29 is 10.2 Å². The first kappa shape index (κ1) is 15.9. The lowest BCUT2D eigenvalue weighted by Gasteiger charge is -2.19. The van der Waals surface area contributed by atoms with Crippen molar-refractivity contribution in [1.29, 1.82) is 0 Å². The molecule has 0 radical (unpaired) electrons. The van der Waals surface area contributed by atoms with E-state index >= 15 is 0 Å². The predicted molar refractivity (Wildman–Crippen MR) is 89.3 cm³/mol. The van der Waals surface area contributed by atoms with Crippen LogP contribution in [0.25, 0.3) is 0 Å². The molecule has 1 aliphatic heterocycles. The first-order chi connectivity index (χ1) is 9.74. The van der Waals surface area contributed by atoms with Crippen LogP contribution in [0.5, 0.6) is 11.5 Å². The molecule has 3 nitrogen and oxygen atoms in total. The first-order valence-corrected chi connectivity index (χ1v) is 7.00. The normalized spacial score (nSPS) is 21.0. The molecule has 2 aromatic rings. The number of nitrogens with one attached hydrogen (secondary N) is 1. The average Bonchev–Trinajstić information content (AvgIpc) is 2.91. The second-order valence-electron chi connectivity index (χ2n) is 5.46. The van der Waals surface area contributed by atoms with E-state index < -0.39 is 0 Å². The molecule has 0 aromatic heterocycles. The molecule has 1 fully saturated rings. The Morgan fingerprint density at radius 1 is 0.952 bits per heavy atom. The van der Waals surface area contributed by atoms with Gasteiger partial charge in [0.15, 0.2) is 11.5 Å². The molecule has 3 N–H and O–H groups in total. The van der Waals surface area contributed by atoms with Crippen molar-refractivity contribution in [3.63, 3.8) is 0 Å². The van der Waals surface area contributed by atoms with Gasteiger partial charge in [-0.25, -0.2) is 0 Å². The van der Waals surface area contributed by atoms with Crippen molar-refractivity contribution in [2.45, 2.75) is 12.3 Å². The summed E-state index contributed by atoms with van der Waals surface area (Å²) in [5.41, 5.74) is 2.43. The Morgan fingerprint density at radius 2 is 1.71 bits per heavy atom. The van der Waals surface area contributed by atoms with Crippen LogP contribution >= 0.6 is 17.0 Å². The van der Waals surface area contributed by atoms with Gasteiger partial charge in [0.25, 0.3) is 0 Å². The summed E-state index contributed by atoms with van der Waals surface area (Å²) in [6.45, 7) is 1.91. The van der Waals surface area contributed by atoms with E-state index in [0.717, 1.165) is 25.1 Å². The molecule has 0 unspecified atom stereocenters. The summed E-state index contributed by atoms with van der Waals surface area (Å²) < 4.78 is 0. The minimum atomic E-state index is -0.0562. The highest BCUT2D eigenvalue weighted by Gasteiger charge is 2.28. The zero-order valence-corrected chi connectivity index (χ0v) is 13.4. The van der Waals surface area contributed by atoms with Gasteiger partial charge < -0.3 is 15.5 Å². The maximum absolute atomic E-state index is 9.67. The molecular formula is C17H20BrNO2. The lowest BCUT2D eigenvalue weighted by molar-refractivity contribution is 0.401. The monoisotopic (exact) mass is 349 g/mol. The van der Waals surface area contributed by atoms with E-state index in [1.807, 2.05) is 12.1 Å². The molecule has 4 heteroatoms. The van der Waals surface area contributed by atoms with E-state index in [9.17, 15) is 10.2 Å². The number of hydrogen-bond donors (Lipinski definition) is 3. The predicted octanol–water partition coefficient (Wildman–Crippen LogP) is 3.22. The van der Waals surface area contributed by atoms with Gasteiger partial charge in [-0.05, 0) is 42.1 Å². The summed E-state index contributed by atoms with van der Waals surface area (Å²) in [7, 11) is 0. The Hall–Kier alpha value is -1.52. The lowest BCUT2D eigenvalue weighted by atomic mass is 9.84. The van der Waals surface area contributed by atoms with Gasteiger partial charge in [-0.15, -0.1) is 17.0 Å². The smallest absolute Gasteiger partial charge is 0.157 e. The summed E-state index contributed by atoms with van der Waals surface area (Å²) in [5.74, 6) is 0.801. The number of phenolic OH excluding ortho intramolecular Hbond substituents is 2. The molecule has 21 heavy (non-hydrogen) atoms. The summed E-state index contributed by atoms with van der Waals surface area (Å²) in [6.07, 6.45) is 1.03. The van der Waals surface area contributed by atoms with Crippen LogP contribution in [0.2, 0.25) is 0 Å². The van der Waals surface area contributed by atoms with Crippen LogP contribution in [-0.4, -0.2) is 23.3 Å². The molecule has 0 spiro atoms. The number of aromatic hydroxyl groups is 2. The van der Waals surface area contributed by atoms with Gasteiger partial charge in [0.2, 0.25) is 0 Å². The quantitative estimate of drug-likeness (QED) is 0.745. The molecule has 1 saturated heterocycles. The van der Waals surface area contributed by atoms with Crippen LogP contribution in [0.4, 0.5) is 0 Å². The van der Waals surface area contributed by atoms with Gasteiger partial charge in [-0.1, -0.05) is 36.4 Å². The van der Waals surface area contributed by atoms with Crippen molar-refractivity contribution in [2.24, 2.45) is 5.92 Å². The minimum Gasteiger partial charge on any atom is -0.504 e. The summed E-state index contributed by atoms with van der Waals surface area (Å²) in [5, 5.41) is 22.5. The highest BCUT2D eigenvalue weighted by molar-refractivity contribution is 8.93. The third kappa shape index (κ3) is 3.57. The number of benzene rings is 2. The molecule has 3 rings (SSSR count). The van der Waals surface area contributed by atoms with Gasteiger partial charge in [0, 0.05) is 12.5 Å². The summed E-state index contributed by atoms with van der Waals surface area (Å²) in [6, 6.07) is 15.6. The van der Waals surface area contributed by atoms with Crippen molar-refractivity contribution in [1.82, 2.24) is 5.32 Å². The van der Waals surface area contributed by atoms with Crippen LogP contribution < -0.4 is 5.32 Å². The number of halogens is 1. The van der Waals surface area contributed by atoms with E-state index in [1.54, 1.807) is 12.1 Å². The van der Waals surface area contributed by atoms with Crippen LogP contribution in [0.1, 0.15) is 17.0 Å². The molecule has 0 bridgehead atoms. The van der Waals surface area contributed by atoms with E-state index in [2.05, 4.69) is 29.6 Å². The third-order valence-corrected chi connectivity index (χ3v) is 4.11. The van der Waals surface area contributed by atoms with Crippen LogP contribution in [0, 0.1) is 5.92 Å². The fraction of sp³-hybridized carbons (Fsp3) is 0.294. The summed E-state index contributed by atoms with van der Waals surface area (Å²) >= 11 is 0. The van der Waals surface area contributed by atoms with Crippen LogP contribution in [-0.2, 0) is 6.42 Å². The largest absolute Gasteiger partial charge is 0.504 e. The van der Waals surface area contributed by atoms with Crippen LogP contribution in [0.15, 0.2) is 48.5 Å². The second-order valence-corrected chi connectivity index (χ2v) is 5.46. The Bertz CT molecular complexity index is 589. The zero-order chi connectivity index (χ0) is 13.9. The molecule has 112 valence electrons.